The summed E-state index contributed by atoms with van der Waals surface area (Å²) in [7, 11) is -9.28. The second-order valence-electron chi connectivity index (χ2n) is 5.84. The van der Waals surface area contributed by atoms with Gasteiger partial charge in [-0.25, -0.2) is 9.13 Å². The minimum absolute atomic E-state index is 0.116. The average molecular weight is 530 g/mol. The molecule has 0 saturated carbocycles. The van der Waals surface area contributed by atoms with E-state index in [4.69, 9.17) is 48.7 Å². The standard InChI is InChI=1S/2C8H9NO3.2H3O4P/c2*1-5-8(12)7(4-11)6(3-10)2-9-5;2*1-5(2,3)4/h2*2,4,10,12H,3H2,1H3;2*(H3,1,2,3,4). The normalized spacial score (nSPS) is 10.4. The van der Waals surface area contributed by atoms with Gasteiger partial charge >= 0.3 is 15.6 Å². The number of pyridine rings is 2. The molecule has 0 radical (unpaired) electrons. The Morgan fingerprint density at radius 3 is 1.12 bits per heavy atom. The van der Waals surface area contributed by atoms with Gasteiger partial charge in [-0.3, -0.25) is 19.6 Å². The minimum Gasteiger partial charge on any atom is -0.505 e. The smallest absolute Gasteiger partial charge is 0.466 e. The number of carbonyl (C=O) groups is 2. The third-order valence-electron chi connectivity index (χ3n) is 3.29. The van der Waals surface area contributed by atoms with E-state index in [2.05, 4.69) is 9.97 Å². The van der Waals surface area contributed by atoms with Crippen molar-refractivity contribution in [1.82, 2.24) is 9.97 Å². The fourth-order valence-electron chi connectivity index (χ4n) is 1.82. The van der Waals surface area contributed by atoms with Gasteiger partial charge in [0.25, 0.3) is 0 Å². The molecule has 2 aromatic rings. The summed E-state index contributed by atoms with van der Waals surface area (Å²) in [6, 6.07) is 0. The van der Waals surface area contributed by atoms with Crippen LogP contribution in [0.2, 0.25) is 0 Å². The highest BCUT2D eigenvalue weighted by Crippen LogP contribution is 2.26. The number of aromatic nitrogens is 2. The van der Waals surface area contributed by atoms with E-state index in [0.717, 1.165) is 0 Å². The van der Waals surface area contributed by atoms with Crippen LogP contribution in [0.1, 0.15) is 43.2 Å². The quantitative estimate of drug-likeness (QED) is 0.166. The van der Waals surface area contributed by atoms with Gasteiger partial charge in [0.1, 0.15) is 11.5 Å². The molecule has 2 rings (SSSR count). The van der Waals surface area contributed by atoms with Gasteiger partial charge in [-0.2, -0.15) is 0 Å². The number of hydrogen-bond acceptors (Lipinski definition) is 10. The molecule has 0 aromatic carbocycles. The van der Waals surface area contributed by atoms with E-state index < -0.39 is 15.6 Å². The Kier molecular flexibility index (Phi) is 15.1. The van der Waals surface area contributed by atoms with Crippen LogP contribution in [0.25, 0.3) is 0 Å². The van der Waals surface area contributed by atoms with E-state index in [1.165, 1.54) is 12.4 Å². The van der Waals surface area contributed by atoms with Crippen molar-refractivity contribution in [3.8, 4) is 11.5 Å². The van der Waals surface area contributed by atoms with Crippen molar-refractivity contribution in [3.05, 3.63) is 46.0 Å². The lowest BCUT2D eigenvalue weighted by Crippen LogP contribution is -1.96. The van der Waals surface area contributed by atoms with E-state index in [-0.39, 0.29) is 35.8 Å². The molecule has 16 nitrogen and oxygen atoms in total. The van der Waals surface area contributed by atoms with Crippen molar-refractivity contribution >= 4 is 28.2 Å². The average Bonchev–Trinajstić information content (AvgIpc) is 2.69. The fourth-order valence-corrected chi connectivity index (χ4v) is 1.82. The van der Waals surface area contributed by atoms with Gasteiger partial charge in [-0.1, -0.05) is 0 Å². The molecule has 0 atom stereocenters. The first-order valence-corrected chi connectivity index (χ1v) is 11.6. The van der Waals surface area contributed by atoms with E-state index in [0.29, 0.717) is 35.1 Å². The topological polar surface area (TPSA) is 296 Å². The van der Waals surface area contributed by atoms with Crippen LogP contribution < -0.4 is 0 Å². The number of aryl methyl sites for hydroxylation is 2. The molecule has 2 aromatic heterocycles. The zero-order valence-corrected chi connectivity index (χ0v) is 19.4. The Morgan fingerprint density at radius 2 is 0.941 bits per heavy atom. The van der Waals surface area contributed by atoms with Gasteiger partial charge < -0.3 is 49.8 Å². The molecule has 0 saturated heterocycles. The first kappa shape index (κ1) is 33.6. The molecule has 0 aliphatic heterocycles. The maximum absolute atomic E-state index is 10.5. The second-order valence-corrected chi connectivity index (χ2v) is 7.89. The first-order valence-electron chi connectivity index (χ1n) is 8.44. The third-order valence-corrected chi connectivity index (χ3v) is 3.29. The van der Waals surface area contributed by atoms with Crippen molar-refractivity contribution < 1.29 is 68.5 Å². The van der Waals surface area contributed by atoms with Crippen LogP contribution in [0.3, 0.4) is 0 Å². The van der Waals surface area contributed by atoms with Crippen molar-refractivity contribution in [3.63, 3.8) is 0 Å². The van der Waals surface area contributed by atoms with Gasteiger partial charge in [0, 0.05) is 23.5 Å². The molecule has 192 valence electrons. The van der Waals surface area contributed by atoms with Crippen molar-refractivity contribution in [2.24, 2.45) is 0 Å². The van der Waals surface area contributed by atoms with Gasteiger partial charge in [-0.15, -0.1) is 0 Å². The number of aldehydes is 2. The Labute approximate surface area is 191 Å². The maximum atomic E-state index is 10.5. The lowest BCUT2D eigenvalue weighted by molar-refractivity contribution is 0.111. The van der Waals surface area contributed by atoms with Crippen molar-refractivity contribution in [1.29, 1.82) is 0 Å². The van der Waals surface area contributed by atoms with Crippen LogP contribution in [0.15, 0.2) is 12.4 Å². The zero-order chi connectivity index (χ0) is 27.3. The van der Waals surface area contributed by atoms with E-state index in [1.54, 1.807) is 13.8 Å². The molecule has 0 unspecified atom stereocenters. The number of aliphatic hydroxyl groups excluding tert-OH is 2. The molecule has 18 heteroatoms. The second kappa shape index (κ2) is 15.3. The fraction of sp³-hybridized carbons (Fsp3) is 0.250. The summed E-state index contributed by atoms with van der Waals surface area (Å²) in [6.07, 6.45) is 3.77. The summed E-state index contributed by atoms with van der Waals surface area (Å²) < 4.78 is 17.8. The summed E-state index contributed by atoms with van der Waals surface area (Å²) in [5.41, 5.74) is 1.68. The van der Waals surface area contributed by atoms with Gasteiger partial charge in [0.05, 0.1) is 35.7 Å². The van der Waals surface area contributed by atoms with Crippen LogP contribution in [-0.4, -0.2) is 72.3 Å². The van der Waals surface area contributed by atoms with Gasteiger partial charge in [0.15, 0.2) is 12.6 Å². The van der Waals surface area contributed by atoms with Crippen molar-refractivity contribution in [2.75, 3.05) is 0 Å². The van der Waals surface area contributed by atoms with Gasteiger partial charge in [-0.05, 0) is 13.8 Å². The summed E-state index contributed by atoms with van der Waals surface area (Å²) >= 11 is 0. The minimum atomic E-state index is -4.64. The highest BCUT2D eigenvalue weighted by Gasteiger charge is 2.10. The highest BCUT2D eigenvalue weighted by atomic mass is 31.2. The molecule has 34 heavy (non-hydrogen) atoms. The van der Waals surface area contributed by atoms with Crippen LogP contribution in [0, 0.1) is 13.8 Å². The van der Waals surface area contributed by atoms with E-state index in [1.807, 2.05) is 0 Å². The number of nitrogens with zero attached hydrogens (tertiary/aromatic N) is 2. The molecule has 10 N–H and O–H groups in total. The lowest BCUT2D eigenvalue weighted by atomic mass is 10.1. The lowest BCUT2D eigenvalue weighted by Gasteiger charge is -2.04. The number of phosphoric acid groups is 2. The number of rotatable bonds is 4. The summed E-state index contributed by atoms with van der Waals surface area (Å²) in [5, 5.41) is 36.1. The molecule has 2 heterocycles. The Hall–Kier alpha value is -2.62. The summed E-state index contributed by atoms with van der Waals surface area (Å²) in [6.45, 7) is 2.58. The van der Waals surface area contributed by atoms with Crippen LogP contribution in [0.5, 0.6) is 11.5 Å². The molecular weight excluding hydrogens is 506 g/mol. The molecule has 0 bridgehead atoms. The SMILES string of the molecule is Cc1ncc(CO)c(C=O)c1O.Cc1ncc(CO)c(C=O)c1O.O=P(O)(O)O.O=P(O)(O)O. The number of aliphatic hydroxyl groups is 2. The van der Waals surface area contributed by atoms with Crippen LogP contribution in [-0.2, 0) is 22.3 Å². The van der Waals surface area contributed by atoms with E-state index >= 15 is 0 Å². The molecule has 0 aliphatic rings. The number of aromatic hydroxyl groups is 2. The molecule has 0 fully saturated rings. The van der Waals surface area contributed by atoms with Crippen LogP contribution >= 0.6 is 15.6 Å². The van der Waals surface area contributed by atoms with E-state index in [9.17, 15) is 19.8 Å². The predicted octanol–water partition coefficient (Wildman–Crippen LogP) is -1.06. The highest BCUT2D eigenvalue weighted by molar-refractivity contribution is 7.45. The third kappa shape index (κ3) is 15.3. The Morgan fingerprint density at radius 1 is 0.706 bits per heavy atom. The maximum Gasteiger partial charge on any atom is 0.466 e. The Bertz CT molecular complexity index is 950. The predicted molar refractivity (Wildman–Crippen MR) is 112 cm³/mol. The first-order chi connectivity index (χ1) is 15.4. The summed E-state index contributed by atoms with van der Waals surface area (Å²) in [5.74, 6) is -0.312. The Balaban J connectivity index is 0. The molecule has 0 spiro atoms. The van der Waals surface area contributed by atoms with Gasteiger partial charge in [0.2, 0.25) is 0 Å². The largest absolute Gasteiger partial charge is 0.505 e. The van der Waals surface area contributed by atoms with Crippen LogP contribution in [0.4, 0.5) is 0 Å². The monoisotopic (exact) mass is 530 g/mol. The molecule has 0 aliphatic carbocycles. The summed E-state index contributed by atoms with van der Waals surface area (Å²) in [4.78, 5) is 71.6. The molecule has 0 amide bonds. The number of carbonyl (C=O) groups excluding carboxylic acids is 2. The zero-order valence-electron chi connectivity index (χ0n) is 17.6. The number of hydrogen-bond donors (Lipinski definition) is 10. The molecular formula is C16H24N2O14P2. The van der Waals surface area contributed by atoms with Crippen molar-refractivity contribution in [2.45, 2.75) is 27.1 Å².